The lowest BCUT2D eigenvalue weighted by Crippen LogP contribution is -2.31. The van der Waals surface area contributed by atoms with Gasteiger partial charge in [-0.15, -0.1) is 11.3 Å². The van der Waals surface area contributed by atoms with Crippen LogP contribution in [-0.2, 0) is 12.8 Å². The molecule has 1 heterocycles. The molecule has 0 saturated carbocycles. The Kier molecular flexibility index (Phi) is 2.39. The Balaban J connectivity index is 2.32. The molecule has 0 aliphatic heterocycles. The van der Waals surface area contributed by atoms with Crippen LogP contribution in [0.3, 0.4) is 0 Å². The number of aryl methyl sites for hydroxylation is 1. The Labute approximate surface area is 82.0 Å². The van der Waals surface area contributed by atoms with Crippen molar-refractivity contribution in [3.63, 3.8) is 0 Å². The van der Waals surface area contributed by atoms with Gasteiger partial charge in [-0.05, 0) is 44.4 Å². The average Bonchev–Trinajstić information content (AvgIpc) is 2.43. The van der Waals surface area contributed by atoms with Gasteiger partial charge in [0.1, 0.15) is 0 Å². The highest BCUT2D eigenvalue weighted by Crippen LogP contribution is 2.32. The number of thiophene rings is 1. The van der Waals surface area contributed by atoms with Crippen molar-refractivity contribution in [1.29, 1.82) is 0 Å². The number of rotatable bonds is 1. The first-order valence-corrected chi connectivity index (χ1v) is 5.48. The molecule has 0 saturated heterocycles. The smallest absolute Gasteiger partial charge is 0.179 e. The van der Waals surface area contributed by atoms with Gasteiger partial charge in [0, 0.05) is 10.9 Å². The van der Waals surface area contributed by atoms with Crippen LogP contribution in [0.5, 0.6) is 0 Å². The van der Waals surface area contributed by atoms with E-state index in [1.165, 1.54) is 21.8 Å². The number of fused-ring (bicyclic) bond motifs is 1. The number of hydrogen-bond donors (Lipinski definition) is 1. The summed E-state index contributed by atoms with van der Waals surface area (Å²) in [5.74, 6) is 0. The Hall–Kier alpha value is -0.410. The predicted molar refractivity (Wildman–Crippen MR) is 53.9 cm³/mol. The van der Waals surface area contributed by atoms with Gasteiger partial charge in [-0.3, -0.25) is 0 Å². The minimum atomic E-state index is 0.0155. The summed E-state index contributed by atoms with van der Waals surface area (Å²) >= 11 is 1.33. The minimum Gasteiger partial charge on any atom is -0.317 e. The number of hydrogen-bond acceptors (Lipinski definition) is 2. The van der Waals surface area contributed by atoms with Crippen LogP contribution in [-0.4, -0.2) is 13.1 Å². The number of nitrogens with one attached hydrogen (secondary N) is 1. The quantitative estimate of drug-likeness (QED) is 0.731. The zero-order chi connectivity index (χ0) is 9.42. The maximum Gasteiger partial charge on any atom is 0.179 e. The Bertz CT molecular complexity index is 319. The molecule has 0 fully saturated rings. The first-order chi connectivity index (χ1) is 6.22. The topological polar surface area (TPSA) is 12.0 Å². The summed E-state index contributed by atoms with van der Waals surface area (Å²) in [5, 5.41) is 3.28. The fourth-order valence-corrected chi connectivity index (χ4v) is 3.02. The van der Waals surface area contributed by atoms with E-state index in [1.54, 1.807) is 0 Å². The van der Waals surface area contributed by atoms with Gasteiger partial charge in [0.05, 0.1) is 0 Å². The molecule has 1 aliphatic carbocycles. The number of halogens is 1. The first kappa shape index (κ1) is 9.16. The van der Waals surface area contributed by atoms with Gasteiger partial charge < -0.3 is 5.32 Å². The summed E-state index contributed by atoms with van der Waals surface area (Å²) in [7, 11) is 1.98. The van der Waals surface area contributed by atoms with Crippen molar-refractivity contribution in [1.82, 2.24) is 5.32 Å². The third-order valence-corrected chi connectivity index (χ3v) is 4.06. The molecule has 1 aromatic rings. The largest absolute Gasteiger partial charge is 0.317 e. The van der Waals surface area contributed by atoms with Crippen molar-refractivity contribution in [2.24, 2.45) is 0 Å². The van der Waals surface area contributed by atoms with Gasteiger partial charge in [0.2, 0.25) is 0 Å². The van der Waals surface area contributed by atoms with E-state index in [1.807, 2.05) is 14.0 Å². The fourth-order valence-electron chi connectivity index (χ4n) is 1.94. The SMILES string of the molecule is CNC1CCc2sc(F)c(C)c2C1. The van der Waals surface area contributed by atoms with Crippen LogP contribution >= 0.6 is 11.3 Å². The van der Waals surface area contributed by atoms with E-state index in [9.17, 15) is 4.39 Å². The van der Waals surface area contributed by atoms with Gasteiger partial charge in [0.15, 0.2) is 5.13 Å². The van der Waals surface area contributed by atoms with Crippen LogP contribution in [0, 0.1) is 12.1 Å². The summed E-state index contributed by atoms with van der Waals surface area (Å²) in [6.45, 7) is 1.89. The maximum atomic E-state index is 13.2. The van der Waals surface area contributed by atoms with E-state index in [4.69, 9.17) is 0 Å². The first-order valence-electron chi connectivity index (χ1n) is 4.66. The molecule has 1 nitrogen and oxygen atoms in total. The van der Waals surface area contributed by atoms with Crippen molar-refractivity contribution in [3.8, 4) is 0 Å². The lowest BCUT2D eigenvalue weighted by atomic mass is 9.92. The highest BCUT2D eigenvalue weighted by Gasteiger charge is 2.22. The normalized spacial score (nSPS) is 21.6. The second-order valence-corrected chi connectivity index (χ2v) is 4.69. The molecular formula is C10H14FNS. The lowest BCUT2D eigenvalue weighted by molar-refractivity contribution is 0.498. The molecule has 0 bridgehead atoms. The molecule has 72 valence electrons. The highest BCUT2D eigenvalue weighted by atomic mass is 32.1. The van der Waals surface area contributed by atoms with Crippen LogP contribution in [0.1, 0.15) is 22.4 Å². The van der Waals surface area contributed by atoms with Crippen molar-refractivity contribution in [2.45, 2.75) is 32.2 Å². The molecule has 0 spiro atoms. The monoisotopic (exact) mass is 199 g/mol. The third kappa shape index (κ3) is 1.51. The molecule has 1 N–H and O–H groups in total. The number of likely N-dealkylation sites (N-methyl/N-ethyl adjacent to an activating group) is 1. The Morgan fingerprint density at radius 2 is 2.31 bits per heavy atom. The second-order valence-electron chi connectivity index (χ2n) is 3.63. The van der Waals surface area contributed by atoms with Gasteiger partial charge in [-0.2, -0.15) is 4.39 Å². The van der Waals surface area contributed by atoms with Crippen LogP contribution in [0.4, 0.5) is 4.39 Å². The van der Waals surface area contributed by atoms with Gasteiger partial charge in [-0.1, -0.05) is 0 Å². The lowest BCUT2D eigenvalue weighted by Gasteiger charge is -2.21. The van der Waals surface area contributed by atoms with E-state index in [-0.39, 0.29) is 5.13 Å². The maximum absolute atomic E-state index is 13.2. The summed E-state index contributed by atoms with van der Waals surface area (Å²) in [4.78, 5) is 1.27. The van der Waals surface area contributed by atoms with Gasteiger partial charge >= 0.3 is 0 Å². The van der Waals surface area contributed by atoms with Crippen LogP contribution in [0.15, 0.2) is 0 Å². The van der Waals surface area contributed by atoms with Gasteiger partial charge in [-0.25, -0.2) is 0 Å². The van der Waals surface area contributed by atoms with Gasteiger partial charge in [0.25, 0.3) is 0 Å². The van der Waals surface area contributed by atoms with E-state index in [2.05, 4.69) is 5.32 Å². The van der Waals surface area contributed by atoms with Crippen LogP contribution < -0.4 is 5.32 Å². The Morgan fingerprint density at radius 3 is 3.00 bits per heavy atom. The van der Waals surface area contributed by atoms with E-state index in [0.29, 0.717) is 6.04 Å². The summed E-state index contributed by atoms with van der Waals surface area (Å²) < 4.78 is 13.2. The molecule has 0 amide bonds. The van der Waals surface area contributed by atoms with Crippen molar-refractivity contribution >= 4 is 11.3 Å². The van der Waals surface area contributed by atoms with Crippen molar-refractivity contribution < 1.29 is 4.39 Å². The molecule has 1 unspecified atom stereocenters. The predicted octanol–water partition coefficient (Wildman–Crippen LogP) is 2.27. The zero-order valence-electron chi connectivity index (χ0n) is 7.98. The minimum absolute atomic E-state index is 0.0155. The van der Waals surface area contributed by atoms with Crippen molar-refractivity contribution in [2.75, 3.05) is 7.05 Å². The summed E-state index contributed by atoms with van der Waals surface area (Å²) in [6.07, 6.45) is 3.18. The summed E-state index contributed by atoms with van der Waals surface area (Å²) in [5.41, 5.74) is 2.13. The van der Waals surface area contributed by atoms with E-state index in [0.717, 1.165) is 24.8 Å². The average molecular weight is 199 g/mol. The molecule has 0 aromatic carbocycles. The third-order valence-electron chi connectivity index (χ3n) is 2.88. The van der Waals surface area contributed by atoms with Crippen LogP contribution in [0.25, 0.3) is 0 Å². The molecule has 0 radical (unpaired) electrons. The molecule has 3 heteroatoms. The zero-order valence-corrected chi connectivity index (χ0v) is 8.80. The molecule has 13 heavy (non-hydrogen) atoms. The standard InChI is InChI=1S/C10H14FNS/c1-6-8-5-7(12-2)3-4-9(8)13-10(6)11/h7,12H,3-5H2,1-2H3. The second kappa shape index (κ2) is 3.39. The highest BCUT2D eigenvalue weighted by molar-refractivity contribution is 7.10. The molecular weight excluding hydrogens is 185 g/mol. The summed E-state index contributed by atoms with van der Waals surface area (Å²) in [6, 6.07) is 0.542. The molecule has 1 aromatic heterocycles. The van der Waals surface area contributed by atoms with E-state index < -0.39 is 0 Å². The van der Waals surface area contributed by atoms with Crippen molar-refractivity contribution in [3.05, 3.63) is 21.1 Å². The fraction of sp³-hybridized carbons (Fsp3) is 0.600. The molecule has 1 aliphatic rings. The molecule has 2 rings (SSSR count). The molecule has 1 atom stereocenters. The van der Waals surface area contributed by atoms with Crippen LogP contribution in [0.2, 0.25) is 0 Å². The van der Waals surface area contributed by atoms with E-state index >= 15 is 0 Å². The Morgan fingerprint density at radius 1 is 1.54 bits per heavy atom.